The smallest absolute Gasteiger partial charge is 0.468 e. The third-order valence-electron chi connectivity index (χ3n) is 8.00. The van der Waals surface area contributed by atoms with Gasteiger partial charge in [-0.2, -0.15) is 0 Å². The summed E-state index contributed by atoms with van der Waals surface area (Å²) in [6.45, 7) is 9.62. The summed E-state index contributed by atoms with van der Waals surface area (Å²) >= 11 is 0. The number of carbonyl (C=O) groups excluding carboxylic acids is 4. The number of amides is 1. The number of benzene rings is 3. The van der Waals surface area contributed by atoms with Crippen LogP contribution in [0.3, 0.4) is 0 Å². The van der Waals surface area contributed by atoms with E-state index in [0.717, 1.165) is 5.56 Å². The highest BCUT2D eigenvalue weighted by atomic mass is 16.8. The zero-order chi connectivity index (χ0) is 37.8. The number of esters is 1. The Kier molecular flexibility index (Phi) is 14.2. The zero-order valence-corrected chi connectivity index (χ0v) is 30.8. The summed E-state index contributed by atoms with van der Waals surface area (Å²) in [6.07, 6.45) is -0.826. The average Bonchev–Trinajstić information content (AvgIpc) is 3.29. The standard InChI is InChI=1S/C39H48N2O11/c1-25(2)29-16-19-33(49-24-47-7)31(21-29)35(42)26-10-12-28(13-11-26)37(44)50-34-9-8-20-41(52-38(45)51-39(3,4)5)22-32(34)40-36(43)27-14-17-30(18-15-27)48-23-46-6/h10-19,21,25,32,34H,8-9,20,22-24H2,1-7H3,(H,40,43)/t32-,34-/m1/s1. The summed E-state index contributed by atoms with van der Waals surface area (Å²) in [6, 6.07) is 17.3. The van der Waals surface area contributed by atoms with E-state index in [4.69, 9.17) is 33.3 Å². The summed E-state index contributed by atoms with van der Waals surface area (Å²) in [5, 5.41) is 4.35. The van der Waals surface area contributed by atoms with Crippen LogP contribution in [0.1, 0.15) is 95.6 Å². The summed E-state index contributed by atoms with van der Waals surface area (Å²) in [5.74, 6) is -0.245. The lowest BCUT2D eigenvalue weighted by Gasteiger charge is -2.29. The second-order valence-electron chi connectivity index (χ2n) is 13.6. The number of ether oxygens (including phenoxy) is 6. The van der Waals surface area contributed by atoms with E-state index in [2.05, 4.69) is 5.32 Å². The van der Waals surface area contributed by atoms with Gasteiger partial charge in [0.25, 0.3) is 5.91 Å². The van der Waals surface area contributed by atoms with Gasteiger partial charge in [-0.15, -0.1) is 5.06 Å². The van der Waals surface area contributed by atoms with E-state index in [9.17, 15) is 19.2 Å². The van der Waals surface area contributed by atoms with Gasteiger partial charge in [-0.1, -0.05) is 32.0 Å². The van der Waals surface area contributed by atoms with Gasteiger partial charge in [0.05, 0.1) is 23.7 Å². The van der Waals surface area contributed by atoms with Crippen LogP contribution in [-0.2, 0) is 23.8 Å². The first kappa shape index (κ1) is 39.8. The molecule has 52 heavy (non-hydrogen) atoms. The van der Waals surface area contributed by atoms with E-state index in [-0.39, 0.29) is 37.4 Å². The molecule has 3 aromatic rings. The van der Waals surface area contributed by atoms with E-state index in [1.54, 1.807) is 69.3 Å². The molecule has 3 aromatic carbocycles. The fourth-order valence-corrected chi connectivity index (χ4v) is 5.37. The van der Waals surface area contributed by atoms with Gasteiger partial charge in [-0.05, 0) is 93.6 Å². The second-order valence-corrected chi connectivity index (χ2v) is 13.6. The summed E-state index contributed by atoms with van der Waals surface area (Å²) < 4.78 is 32.3. The summed E-state index contributed by atoms with van der Waals surface area (Å²) in [4.78, 5) is 58.5. The van der Waals surface area contributed by atoms with Crippen LogP contribution in [0.4, 0.5) is 4.79 Å². The van der Waals surface area contributed by atoms with E-state index in [1.807, 2.05) is 19.9 Å². The average molecular weight is 721 g/mol. The number of hydrogen-bond donors (Lipinski definition) is 1. The van der Waals surface area contributed by atoms with Crippen molar-refractivity contribution in [2.24, 2.45) is 0 Å². The van der Waals surface area contributed by atoms with Crippen molar-refractivity contribution in [3.8, 4) is 11.5 Å². The SMILES string of the molecule is COCOc1ccc(C(=O)N[C@@H]2CN(OC(=O)OC(C)(C)C)CCC[C@H]2OC(=O)c2ccc(C(=O)c3cc(C(C)C)ccc3OCOC)cc2)cc1. The molecule has 1 amide bonds. The lowest BCUT2D eigenvalue weighted by atomic mass is 9.95. The minimum atomic E-state index is -0.886. The first-order valence-electron chi connectivity index (χ1n) is 17.1. The number of ketones is 1. The normalized spacial score (nSPS) is 16.4. The van der Waals surface area contributed by atoms with E-state index >= 15 is 0 Å². The summed E-state index contributed by atoms with van der Waals surface area (Å²) in [5.41, 5.74) is 1.49. The van der Waals surface area contributed by atoms with Gasteiger partial charge in [0.1, 0.15) is 23.2 Å². The van der Waals surface area contributed by atoms with Gasteiger partial charge in [0.15, 0.2) is 19.4 Å². The molecule has 0 aliphatic carbocycles. The Balaban J connectivity index is 1.52. The van der Waals surface area contributed by atoms with Crippen LogP contribution in [0.2, 0.25) is 0 Å². The van der Waals surface area contributed by atoms with Crippen molar-refractivity contribution in [1.82, 2.24) is 10.4 Å². The molecule has 0 saturated carbocycles. The molecular formula is C39H48N2O11. The maximum Gasteiger partial charge on any atom is 0.528 e. The summed E-state index contributed by atoms with van der Waals surface area (Å²) in [7, 11) is 3.01. The molecule has 0 radical (unpaired) electrons. The number of rotatable bonds is 14. The van der Waals surface area contributed by atoms with Crippen LogP contribution >= 0.6 is 0 Å². The molecule has 0 aromatic heterocycles. The van der Waals surface area contributed by atoms with Crippen molar-refractivity contribution in [1.29, 1.82) is 0 Å². The predicted octanol–water partition coefficient (Wildman–Crippen LogP) is 6.29. The molecule has 1 aliphatic heterocycles. The Morgan fingerprint density at radius 3 is 2.12 bits per heavy atom. The maximum atomic E-state index is 13.6. The molecule has 0 bridgehead atoms. The molecule has 4 rings (SSSR count). The fourth-order valence-electron chi connectivity index (χ4n) is 5.37. The van der Waals surface area contributed by atoms with Crippen molar-refractivity contribution in [3.63, 3.8) is 0 Å². The van der Waals surface area contributed by atoms with Crippen LogP contribution < -0.4 is 14.8 Å². The number of hydroxylamine groups is 2. The highest BCUT2D eigenvalue weighted by Crippen LogP contribution is 2.27. The van der Waals surface area contributed by atoms with Crippen LogP contribution in [0, 0.1) is 0 Å². The first-order valence-corrected chi connectivity index (χ1v) is 17.1. The predicted molar refractivity (Wildman–Crippen MR) is 190 cm³/mol. The Labute approximate surface area is 304 Å². The third kappa shape index (κ3) is 11.5. The lowest BCUT2D eigenvalue weighted by Crippen LogP contribution is -2.50. The molecule has 13 heteroatoms. The molecule has 13 nitrogen and oxygen atoms in total. The van der Waals surface area contributed by atoms with Crippen molar-refractivity contribution in [3.05, 3.63) is 94.5 Å². The molecule has 0 unspecified atom stereocenters. The minimum Gasteiger partial charge on any atom is -0.468 e. The topological polar surface area (TPSA) is 148 Å². The highest BCUT2D eigenvalue weighted by molar-refractivity contribution is 6.11. The van der Waals surface area contributed by atoms with E-state index < -0.39 is 35.8 Å². The Morgan fingerprint density at radius 1 is 0.846 bits per heavy atom. The highest BCUT2D eigenvalue weighted by Gasteiger charge is 2.34. The largest absolute Gasteiger partial charge is 0.528 e. The number of nitrogens with one attached hydrogen (secondary N) is 1. The molecule has 280 valence electrons. The van der Waals surface area contributed by atoms with Crippen LogP contribution in [0.25, 0.3) is 0 Å². The number of carbonyl (C=O) groups is 4. The van der Waals surface area contributed by atoms with Crippen LogP contribution in [0.5, 0.6) is 11.5 Å². The minimum absolute atomic E-state index is 0.0181. The molecular weight excluding hydrogens is 672 g/mol. The van der Waals surface area contributed by atoms with Crippen LogP contribution in [0.15, 0.2) is 66.7 Å². The van der Waals surface area contributed by atoms with Gasteiger partial charge in [0, 0.05) is 31.9 Å². The Morgan fingerprint density at radius 2 is 1.48 bits per heavy atom. The molecule has 1 aliphatic rings. The van der Waals surface area contributed by atoms with Gasteiger partial charge in [-0.25, -0.2) is 9.59 Å². The second kappa shape index (κ2) is 18.5. The molecule has 0 spiro atoms. The number of hydrogen-bond acceptors (Lipinski definition) is 12. The Hall–Kier alpha value is -4.98. The zero-order valence-electron chi connectivity index (χ0n) is 30.8. The first-order chi connectivity index (χ1) is 24.8. The van der Waals surface area contributed by atoms with Crippen molar-refractivity contribution < 1.29 is 52.4 Å². The van der Waals surface area contributed by atoms with Gasteiger partial charge >= 0.3 is 12.1 Å². The monoisotopic (exact) mass is 720 g/mol. The lowest BCUT2D eigenvalue weighted by molar-refractivity contribution is -0.144. The van der Waals surface area contributed by atoms with Gasteiger partial charge < -0.3 is 38.6 Å². The molecule has 2 atom stereocenters. The van der Waals surface area contributed by atoms with Crippen molar-refractivity contribution in [2.45, 2.75) is 71.1 Å². The third-order valence-corrected chi connectivity index (χ3v) is 8.00. The molecule has 1 fully saturated rings. The molecule has 1 saturated heterocycles. The fraction of sp³-hybridized carbons (Fsp3) is 0.436. The number of nitrogens with zero attached hydrogens (tertiary/aromatic N) is 1. The van der Waals surface area contributed by atoms with Crippen LogP contribution in [-0.4, -0.2) is 87.5 Å². The van der Waals surface area contributed by atoms with Crippen molar-refractivity contribution in [2.75, 3.05) is 40.9 Å². The Bertz CT molecular complexity index is 1670. The van der Waals surface area contributed by atoms with Crippen molar-refractivity contribution >= 4 is 23.8 Å². The number of methoxy groups -OCH3 is 2. The molecule has 1 N–H and O–H groups in total. The molecule has 1 heterocycles. The quantitative estimate of drug-likeness (QED) is 0.113. The van der Waals surface area contributed by atoms with Gasteiger partial charge in [-0.3, -0.25) is 9.59 Å². The van der Waals surface area contributed by atoms with E-state index in [1.165, 1.54) is 31.4 Å². The maximum absolute atomic E-state index is 13.6. The van der Waals surface area contributed by atoms with Gasteiger partial charge in [0.2, 0.25) is 0 Å². The van der Waals surface area contributed by atoms with E-state index in [0.29, 0.717) is 47.6 Å².